The number of nitrogens with one attached hydrogen (secondary N) is 2. The van der Waals surface area contributed by atoms with Crippen molar-refractivity contribution in [2.45, 2.75) is 20.3 Å². The van der Waals surface area contributed by atoms with Crippen LogP contribution in [0.15, 0.2) is 48.0 Å². The first-order valence-electron chi connectivity index (χ1n) is 10.5. The van der Waals surface area contributed by atoms with Crippen molar-refractivity contribution in [2.24, 2.45) is 0 Å². The number of amides is 3. The van der Waals surface area contributed by atoms with E-state index in [1.807, 2.05) is 50.2 Å². The zero-order valence-electron chi connectivity index (χ0n) is 18.2. The van der Waals surface area contributed by atoms with Gasteiger partial charge in [0.25, 0.3) is 0 Å². The van der Waals surface area contributed by atoms with Crippen LogP contribution in [0.5, 0.6) is 0 Å². The van der Waals surface area contributed by atoms with E-state index in [1.54, 1.807) is 16.5 Å². The van der Waals surface area contributed by atoms with Gasteiger partial charge >= 0.3 is 6.03 Å². The Morgan fingerprint density at radius 3 is 2.44 bits per heavy atom. The molecule has 9 heteroatoms. The van der Waals surface area contributed by atoms with Gasteiger partial charge in [0.2, 0.25) is 5.91 Å². The molecule has 0 bridgehead atoms. The average Bonchev–Trinajstić information content (AvgIpc) is 3.23. The Morgan fingerprint density at radius 1 is 1.00 bits per heavy atom. The first-order valence-corrected chi connectivity index (χ1v) is 11.4. The highest BCUT2D eigenvalue weighted by atomic mass is 32.1. The number of para-hydroxylation sites is 1. The number of anilines is 3. The lowest BCUT2D eigenvalue weighted by Crippen LogP contribution is -2.50. The van der Waals surface area contributed by atoms with Crippen LogP contribution >= 0.6 is 11.3 Å². The van der Waals surface area contributed by atoms with Crippen molar-refractivity contribution in [3.63, 3.8) is 0 Å². The number of carbonyl (C=O) groups excluding carboxylic acids is 2. The molecule has 1 saturated heterocycles. The summed E-state index contributed by atoms with van der Waals surface area (Å²) in [4.78, 5) is 37.8. The average molecular weight is 451 g/mol. The standard InChI is InChI=1S/C23H26N6O2S/c1-16-6-5-7-17(2)21(16)26-20(30)14-18-15-32-22(25-18)27-23(31)29-12-10-28(11-13-29)19-8-3-4-9-24-19/h3-9,15H,10-14H2,1-2H3,(H,26,30)(H,25,27,31). The summed E-state index contributed by atoms with van der Waals surface area (Å²) in [5.41, 5.74) is 3.51. The van der Waals surface area contributed by atoms with Crippen molar-refractivity contribution >= 4 is 39.9 Å². The number of nitrogens with zero attached hydrogens (tertiary/aromatic N) is 4. The molecule has 1 aliphatic rings. The summed E-state index contributed by atoms with van der Waals surface area (Å²) >= 11 is 1.32. The summed E-state index contributed by atoms with van der Waals surface area (Å²) in [5.74, 6) is 0.799. The monoisotopic (exact) mass is 450 g/mol. The van der Waals surface area contributed by atoms with Crippen LogP contribution in [0.1, 0.15) is 16.8 Å². The van der Waals surface area contributed by atoms with Crippen molar-refractivity contribution in [1.29, 1.82) is 0 Å². The molecule has 0 aliphatic carbocycles. The van der Waals surface area contributed by atoms with E-state index in [4.69, 9.17) is 0 Å². The summed E-state index contributed by atoms with van der Waals surface area (Å²) in [6.45, 7) is 6.61. The Morgan fingerprint density at radius 2 is 1.75 bits per heavy atom. The first kappa shape index (κ1) is 21.8. The van der Waals surface area contributed by atoms with E-state index in [1.165, 1.54) is 11.3 Å². The molecule has 8 nitrogen and oxygen atoms in total. The van der Waals surface area contributed by atoms with Crippen molar-refractivity contribution in [3.05, 3.63) is 64.8 Å². The second-order valence-electron chi connectivity index (χ2n) is 7.73. The quantitative estimate of drug-likeness (QED) is 0.619. The van der Waals surface area contributed by atoms with Crippen molar-refractivity contribution in [2.75, 3.05) is 41.7 Å². The van der Waals surface area contributed by atoms with Crippen LogP contribution in [-0.4, -0.2) is 53.0 Å². The molecule has 3 heterocycles. The van der Waals surface area contributed by atoms with Crippen LogP contribution in [-0.2, 0) is 11.2 Å². The molecule has 2 N–H and O–H groups in total. The number of pyridine rings is 1. The highest BCUT2D eigenvalue weighted by Crippen LogP contribution is 2.21. The lowest BCUT2D eigenvalue weighted by atomic mass is 10.1. The smallest absolute Gasteiger partial charge is 0.323 e. The highest BCUT2D eigenvalue weighted by Gasteiger charge is 2.22. The topological polar surface area (TPSA) is 90.5 Å². The Balaban J connectivity index is 1.28. The van der Waals surface area contributed by atoms with Crippen molar-refractivity contribution < 1.29 is 9.59 Å². The SMILES string of the molecule is Cc1cccc(C)c1NC(=O)Cc1csc(NC(=O)N2CCN(c3ccccn3)CC2)n1. The van der Waals surface area contributed by atoms with Gasteiger partial charge in [0, 0.05) is 43.4 Å². The van der Waals surface area contributed by atoms with E-state index in [2.05, 4.69) is 25.5 Å². The second-order valence-corrected chi connectivity index (χ2v) is 8.59. The van der Waals surface area contributed by atoms with E-state index in [0.29, 0.717) is 23.9 Å². The van der Waals surface area contributed by atoms with Gasteiger partial charge in [-0.05, 0) is 37.1 Å². The molecule has 0 saturated carbocycles. The molecule has 32 heavy (non-hydrogen) atoms. The lowest BCUT2D eigenvalue weighted by molar-refractivity contribution is -0.115. The number of hydrogen-bond acceptors (Lipinski definition) is 6. The van der Waals surface area contributed by atoms with Crippen LogP contribution in [0.2, 0.25) is 0 Å². The molecule has 1 fully saturated rings. The molecule has 0 unspecified atom stereocenters. The second kappa shape index (κ2) is 9.78. The van der Waals surface area contributed by atoms with Crippen LogP contribution in [0.25, 0.3) is 0 Å². The minimum absolute atomic E-state index is 0.129. The number of aryl methyl sites for hydroxylation is 2. The predicted molar refractivity (Wildman–Crippen MR) is 127 cm³/mol. The Kier molecular flexibility index (Phi) is 6.65. The van der Waals surface area contributed by atoms with Crippen LogP contribution in [0.3, 0.4) is 0 Å². The number of urea groups is 1. The molecule has 0 radical (unpaired) electrons. The van der Waals surface area contributed by atoms with Crippen LogP contribution < -0.4 is 15.5 Å². The number of thiazole rings is 1. The van der Waals surface area contributed by atoms with Crippen molar-refractivity contribution in [3.8, 4) is 0 Å². The Bertz CT molecular complexity index is 1070. The molecule has 3 amide bonds. The van der Waals surface area contributed by atoms with Gasteiger partial charge in [0.05, 0.1) is 12.1 Å². The minimum atomic E-state index is -0.174. The third kappa shape index (κ3) is 5.23. The van der Waals surface area contributed by atoms with Crippen LogP contribution in [0, 0.1) is 13.8 Å². The minimum Gasteiger partial charge on any atom is -0.353 e. The van der Waals surface area contributed by atoms with E-state index < -0.39 is 0 Å². The zero-order valence-corrected chi connectivity index (χ0v) is 19.0. The van der Waals surface area contributed by atoms with Gasteiger partial charge in [0.15, 0.2) is 5.13 Å². The van der Waals surface area contributed by atoms with Crippen molar-refractivity contribution in [1.82, 2.24) is 14.9 Å². The van der Waals surface area contributed by atoms with E-state index in [-0.39, 0.29) is 18.4 Å². The number of aromatic nitrogens is 2. The molecule has 0 atom stereocenters. The highest BCUT2D eigenvalue weighted by molar-refractivity contribution is 7.13. The maximum Gasteiger partial charge on any atom is 0.323 e. The maximum atomic E-state index is 12.6. The summed E-state index contributed by atoms with van der Waals surface area (Å²) in [5, 5.41) is 8.12. The van der Waals surface area contributed by atoms with Gasteiger partial charge < -0.3 is 15.1 Å². The van der Waals surface area contributed by atoms with Crippen LogP contribution in [0.4, 0.5) is 21.4 Å². The lowest BCUT2D eigenvalue weighted by Gasteiger charge is -2.35. The molecule has 3 aromatic rings. The fourth-order valence-corrected chi connectivity index (χ4v) is 4.36. The number of rotatable bonds is 5. The van der Waals surface area contributed by atoms with Gasteiger partial charge in [-0.25, -0.2) is 14.8 Å². The number of benzene rings is 1. The fourth-order valence-electron chi connectivity index (χ4n) is 3.66. The molecule has 1 aliphatic heterocycles. The van der Waals surface area contributed by atoms with E-state index in [0.717, 1.165) is 35.7 Å². The molecular weight excluding hydrogens is 424 g/mol. The summed E-state index contributed by atoms with van der Waals surface area (Å²) in [7, 11) is 0. The van der Waals surface area contributed by atoms with Gasteiger partial charge in [-0.3, -0.25) is 10.1 Å². The van der Waals surface area contributed by atoms with Gasteiger partial charge in [-0.15, -0.1) is 11.3 Å². The first-order chi connectivity index (χ1) is 15.5. The number of hydrogen-bond donors (Lipinski definition) is 2. The molecule has 4 rings (SSSR count). The van der Waals surface area contributed by atoms with Gasteiger partial charge in [-0.1, -0.05) is 24.3 Å². The third-order valence-corrected chi connectivity index (χ3v) is 6.20. The molecule has 0 spiro atoms. The van der Waals surface area contributed by atoms with E-state index in [9.17, 15) is 9.59 Å². The summed E-state index contributed by atoms with van der Waals surface area (Å²) in [6.07, 6.45) is 1.93. The third-order valence-electron chi connectivity index (χ3n) is 5.39. The van der Waals surface area contributed by atoms with E-state index >= 15 is 0 Å². The fraction of sp³-hybridized carbons (Fsp3) is 0.304. The summed E-state index contributed by atoms with van der Waals surface area (Å²) in [6, 6.07) is 11.6. The number of piperazine rings is 1. The normalized spacial score (nSPS) is 13.7. The molecule has 166 valence electrons. The molecule has 2 aromatic heterocycles. The van der Waals surface area contributed by atoms with Gasteiger partial charge in [-0.2, -0.15) is 0 Å². The maximum absolute atomic E-state index is 12.6. The number of carbonyl (C=O) groups is 2. The molecular formula is C23H26N6O2S. The Labute approximate surface area is 191 Å². The Hall–Kier alpha value is -3.46. The largest absolute Gasteiger partial charge is 0.353 e. The zero-order chi connectivity index (χ0) is 22.5. The molecule has 1 aromatic carbocycles. The summed E-state index contributed by atoms with van der Waals surface area (Å²) < 4.78 is 0. The predicted octanol–water partition coefficient (Wildman–Crippen LogP) is 3.69. The van der Waals surface area contributed by atoms with Gasteiger partial charge in [0.1, 0.15) is 5.82 Å².